The number of hydrogen-bond acceptors (Lipinski definition) is 6. The number of carboxylic acids is 1. The summed E-state index contributed by atoms with van der Waals surface area (Å²) >= 11 is 1.60. The van der Waals surface area contributed by atoms with Crippen molar-refractivity contribution in [3.8, 4) is 0 Å². The third kappa shape index (κ3) is 6.13. The van der Waals surface area contributed by atoms with E-state index in [4.69, 9.17) is 15.0 Å². The maximum absolute atomic E-state index is 12.3. The topological polar surface area (TPSA) is 111 Å². The van der Waals surface area contributed by atoms with Crippen molar-refractivity contribution in [2.75, 3.05) is 26.2 Å². The maximum Gasteiger partial charge on any atom is 0.490 e. The predicted molar refractivity (Wildman–Crippen MR) is 95.9 cm³/mol. The minimum atomic E-state index is -5.08. The van der Waals surface area contributed by atoms with E-state index in [1.165, 1.54) is 0 Å². The Morgan fingerprint density at radius 1 is 1.34 bits per heavy atom. The second kappa shape index (κ2) is 9.08. The van der Waals surface area contributed by atoms with Crippen LogP contribution >= 0.6 is 11.3 Å². The number of amides is 2. The lowest BCUT2D eigenvalue weighted by Crippen LogP contribution is -2.34. The number of likely N-dealkylation sites (tertiary alicyclic amines) is 2. The van der Waals surface area contributed by atoms with Gasteiger partial charge in [0.25, 0.3) is 0 Å². The largest absolute Gasteiger partial charge is 0.490 e. The van der Waals surface area contributed by atoms with E-state index < -0.39 is 12.1 Å². The van der Waals surface area contributed by atoms with Gasteiger partial charge in [0.2, 0.25) is 11.8 Å². The number of carbonyl (C=O) groups excluding carboxylic acids is 2. The van der Waals surface area contributed by atoms with Crippen LogP contribution in [0.2, 0.25) is 0 Å². The summed E-state index contributed by atoms with van der Waals surface area (Å²) in [5.74, 6) is -2.62. The fourth-order valence-corrected chi connectivity index (χ4v) is 4.08. The Balaban J connectivity index is 0.000000370. The van der Waals surface area contributed by atoms with Crippen LogP contribution in [-0.2, 0) is 20.9 Å². The van der Waals surface area contributed by atoms with Gasteiger partial charge in [-0.2, -0.15) is 13.2 Å². The number of nitrogens with zero attached hydrogens (tertiary/aromatic N) is 3. The second-order valence-electron chi connectivity index (χ2n) is 7.13. The van der Waals surface area contributed by atoms with Gasteiger partial charge < -0.3 is 20.0 Å². The number of carboxylic acid groups (broad SMARTS) is 1. The Kier molecular flexibility index (Phi) is 7.22. The number of aryl methyl sites for hydroxylation is 1. The molecular weight excluding hydrogens is 415 g/mol. The molecule has 0 aliphatic carbocycles. The van der Waals surface area contributed by atoms with E-state index in [1.54, 1.807) is 16.2 Å². The summed E-state index contributed by atoms with van der Waals surface area (Å²) in [6.45, 7) is 4.43. The van der Waals surface area contributed by atoms with Gasteiger partial charge in [-0.05, 0) is 13.3 Å². The van der Waals surface area contributed by atoms with E-state index >= 15 is 0 Å². The van der Waals surface area contributed by atoms with Crippen molar-refractivity contribution in [2.45, 2.75) is 38.9 Å². The highest BCUT2D eigenvalue weighted by Crippen LogP contribution is 2.40. The number of aromatic nitrogens is 1. The molecule has 3 heterocycles. The fourth-order valence-electron chi connectivity index (χ4n) is 3.48. The Morgan fingerprint density at radius 3 is 2.52 bits per heavy atom. The van der Waals surface area contributed by atoms with Crippen LogP contribution in [0.4, 0.5) is 13.2 Å². The highest BCUT2D eigenvalue weighted by molar-refractivity contribution is 7.09. The molecule has 1 atom stereocenters. The normalized spacial score (nSPS) is 21.5. The van der Waals surface area contributed by atoms with Gasteiger partial charge in [0.05, 0.1) is 23.9 Å². The van der Waals surface area contributed by atoms with Gasteiger partial charge >= 0.3 is 12.1 Å². The molecule has 2 saturated heterocycles. The first-order chi connectivity index (χ1) is 13.5. The van der Waals surface area contributed by atoms with Crippen LogP contribution < -0.4 is 0 Å². The molecule has 0 bridgehead atoms. The first-order valence-corrected chi connectivity index (χ1v) is 9.71. The lowest BCUT2D eigenvalue weighted by atomic mass is 9.86. The Labute approximate surface area is 168 Å². The van der Waals surface area contributed by atoms with Gasteiger partial charge in [-0.1, -0.05) is 0 Å². The molecule has 29 heavy (non-hydrogen) atoms. The zero-order valence-corrected chi connectivity index (χ0v) is 16.6. The minimum absolute atomic E-state index is 0.0135. The fraction of sp³-hybridized carbons (Fsp3) is 0.647. The molecule has 1 aromatic rings. The number of hydrogen-bond donors (Lipinski definition) is 2. The number of halogens is 3. The average Bonchev–Trinajstić information content (AvgIpc) is 3.28. The molecule has 12 heteroatoms. The van der Waals surface area contributed by atoms with Crippen molar-refractivity contribution in [1.82, 2.24) is 14.8 Å². The standard InChI is InChI=1S/C15H21N3O3S.C2HF3O2/c1-11-16-12(8-22-11)7-18-10-15(6-14(18)21)3-4-17(9-15)13(20)2-5-19;3-2(4,5)1(6)7/h8,19H,2-7,9-10H2,1H3;(H,6,7). The zero-order chi connectivity index (χ0) is 21.8. The van der Waals surface area contributed by atoms with Crippen LogP contribution in [0.25, 0.3) is 0 Å². The zero-order valence-electron chi connectivity index (χ0n) is 15.7. The van der Waals surface area contributed by atoms with Crippen molar-refractivity contribution in [2.24, 2.45) is 5.41 Å². The first kappa shape index (κ1) is 23.1. The van der Waals surface area contributed by atoms with Gasteiger partial charge in [0, 0.05) is 43.3 Å². The number of aliphatic carboxylic acids is 1. The molecule has 0 radical (unpaired) electrons. The molecule has 2 fully saturated rings. The molecule has 3 rings (SSSR count). The summed E-state index contributed by atoms with van der Waals surface area (Å²) in [6, 6.07) is 0. The maximum atomic E-state index is 12.3. The lowest BCUT2D eigenvalue weighted by molar-refractivity contribution is -0.192. The van der Waals surface area contributed by atoms with Gasteiger partial charge in [0.1, 0.15) is 0 Å². The highest BCUT2D eigenvalue weighted by atomic mass is 32.1. The molecule has 0 aromatic carbocycles. The molecule has 1 aromatic heterocycles. The molecule has 2 N–H and O–H groups in total. The van der Waals surface area contributed by atoms with Gasteiger partial charge in [-0.25, -0.2) is 9.78 Å². The minimum Gasteiger partial charge on any atom is -0.475 e. The SMILES string of the molecule is Cc1nc(CN2CC3(CCN(C(=O)CCO)C3)CC2=O)cs1.O=C(O)C(F)(F)F. The molecule has 2 amide bonds. The monoisotopic (exact) mass is 437 g/mol. The van der Waals surface area contributed by atoms with Crippen LogP contribution in [-0.4, -0.2) is 75.2 Å². The number of alkyl halides is 3. The molecule has 1 unspecified atom stereocenters. The lowest BCUT2D eigenvalue weighted by Gasteiger charge is -2.24. The number of rotatable bonds is 4. The molecule has 162 valence electrons. The number of aliphatic hydroxyl groups excluding tert-OH is 1. The van der Waals surface area contributed by atoms with Crippen molar-refractivity contribution in [3.63, 3.8) is 0 Å². The first-order valence-electron chi connectivity index (χ1n) is 8.83. The van der Waals surface area contributed by atoms with Gasteiger partial charge in [-0.3, -0.25) is 9.59 Å². The van der Waals surface area contributed by atoms with Gasteiger partial charge in [-0.15, -0.1) is 11.3 Å². The van der Waals surface area contributed by atoms with E-state index in [-0.39, 0.29) is 30.3 Å². The van der Waals surface area contributed by atoms with E-state index in [0.29, 0.717) is 32.6 Å². The van der Waals surface area contributed by atoms with Crippen molar-refractivity contribution >= 4 is 29.1 Å². The molecule has 1 spiro atoms. The van der Waals surface area contributed by atoms with E-state index in [2.05, 4.69) is 4.98 Å². The summed E-state index contributed by atoms with van der Waals surface area (Å²) in [5, 5.41) is 19.0. The molecule has 2 aliphatic heterocycles. The quantitative estimate of drug-likeness (QED) is 0.737. The second-order valence-corrected chi connectivity index (χ2v) is 8.19. The number of carbonyl (C=O) groups is 3. The van der Waals surface area contributed by atoms with Crippen molar-refractivity contribution in [3.05, 3.63) is 16.1 Å². The predicted octanol–water partition coefficient (Wildman–Crippen LogP) is 1.42. The molecule has 8 nitrogen and oxygen atoms in total. The van der Waals surface area contributed by atoms with E-state index in [9.17, 15) is 22.8 Å². The Morgan fingerprint density at radius 2 is 2.00 bits per heavy atom. The summed E-state index contributed by atoms with van der Waals surface area (Å²) in [7, 11) is 0. The van der Waals surface area contributed by atoms with Crippen molar-refractivity contribution in [1.29, 1.82) is 0 Å². The third-order valence-corrected chi connectivity index (χ3v) is 5.61. The van der Waals surface area contributed by atoms with Crippen LogP contribution in [0.1, 0.15) is 30.0 Å². The Bertz CT molecular complexity index is 770. The molecular formula is C17H22F3N3O5S. The summed E-state index contributed by atoms with van der Waals surface area (Å²) in [4.78, 5) is 41.2. The third-order valence-electron chi connectivity index (χ3n) is 4.78. The smallest absolute Gasteiger partial charge is 0.475 e. The van der Waals surface area contributed by atoms with Crippen molar-refractivity contribution < 1.29 is 37.8 Å². The summed E-state index contributed by atoms with van der Waals surface area (Å²) in [6.07, 6.45) is -3.53. The van der Waals surface area contributed by atoms with Crippen LogP contribution in [0.15, 0.2) is 5.38 Å². The summed E-state index contributed by atoms with van der Waals surface area (Å²) < 4.78 is 31.7. The molecule has 0 saturated carbocycles. The number of thiazole rings is 1. The van der Waals surface area contributed by atoms with Gasteiger partial charge in [0.15, 0.2) is 0 Å². The van der Waals surface area contributed by atoms with Crippen LogP contribution in [0.3, 0.4) is 0 Å². The highest BCUT2D eigenvalue weighted by Gasteiger charge is 2.48. The van der Waals surface area contributed by atoms with E-state index in [0.717, 1.165) is 17.1 Å². The average molecular weight is 437 g/mol. The van der Waals surface area contributed by atoms with E-state index in [1.807, 2.05) is 17.2 Å². The number of aliphatic hydroxyl groups is 1. The molecule has 2 aliphatic rings. The summed E-state index contributed by atoms with van der Waals surface area (Å²) in [5.41, 5.74) is 0.840. The van der Waals surface area contributed by atoms with Crippen LogP contribution in [0.5, 0.6) is 0 Å². The Hall–Kier alpha value is -2.21. The van der Waals surface area contributed by atoms with Crippen LogP contribution in [0, 0.1) is 12.3 Å².